The van der Waals surface area contributed by atoms with Crippen LogP contribution in [0.3, 0.4) is 0 Å². The largest absolute Gasteiger partial charge is 0.490 e. The first-order chi connectivity index (χ1) is 11.1. The molecule has 0 unspecified atom stereocenters. The molecule has 1 aromatic carbocycles. The molecule has 0 atom stereocenters. The molecule has 0 bridgehead atoms. The van der Waals surface area contributed by atoms with Crippen LogP contribution in [0.15, 0.2) is 12.1 Å². The number of hydrogen-bond donors (Lipinski definition) is 0. The molecule has 2 aliphatic rings. The van der Waals surface area contributed by atoms with Crippen molar-refractivity contribution in [2.75, 3.05) is 6.61 Å². The molecule has 0 heterocycles. The Bertz CT molecular complexity index is 517. The van der Waals surface area contributed by atoms with E-state index in [9.17, 15) is 4.39 Å². The van der Waals surface area contributed by atoms with Crippen LogP contribution in [-0.4, -0.2) is 6.61 Å². The fourth-order valence-corrected chi connectivity index (χ4v) is 4.40. The highest BCUT2D eigenvalue weighted by atomic mass is 35.5. The molecule has 0 N–H and O–H groups in total. The highest BCUT2D eigenvalue weighted by Gasteiger charge is 2.23. The van der Waals surface area contributed by atoms with Crippen molar-refractivity contribution in [2.24, 2.45) is 11.8 Å². The Balaban J connectivity index is 1.63. The van der Waals surface area contributed by atoms with Gasteiger partial charge in [0.05, 0.1) is 11.6 Å². The summed E-state index contributed by atoms with van der Waals surface area (Å²) in [4.78, 5) is 0. The third-order valence-corrected chi connectivity index (χ3v) is 6.12. The molecule has 1 nitrogen and oxygen atoms in total. The van der Waals surface area contributed by atoms with Gasteiger partial charge in [0.1, 0.15) is 0 Å². The molecule has 0 saturated heterocycles. The number of halogens is 2. The second-order valence-electron chi connectivity index (χ2n) is 7.55. The number of hydrogen-bond acceptors (Lipinski definition) is 1. The Kier molecular flexibility index (Phi) is 5.85. The molecule has 23 heavy (non-hydrogen) atoms. The zero-order chi connectivity index (χ0) is 16.2. The van der Waals surface area contributed by atoms with Gasteiger partial charge in [0.25, 0.3) is 0 Å². The zero-order valence-electron chi connectivity index (χ0n) is 14.1. The Morgan fingerprint density at radius 1 is 1.04 bits per heavy atom. The molecule has 2 fully saturated rings. The van der Waals surface area contributed by atoms with E-state index in [1.54, 1.807) is 6.07 Å². The molecule has 2 aliphatic carbocycles. The summed E-state index contributed by atoms with van der Waals surface area (Å²) in [5.41, 5.74) is 0.975. The molecule has 0 aromatic heterocycles. The summed E-state index contributed by atoms with van der Waals surface area (Å²) in [5, 5.41) is 0.284. The molecule has 3 rings (SSSR count). The van der Waals surface area contributed by atoms with Crippen molar-refractivity contribution in [1.82, 2.24) is 0 Å². The fraction of sp³-hybridized carbons (Fsp3) is 0.700. The Morgan fingerprint density at radius 2 is 1.74 bits per heavy atom. The Hall–Kier alpha value is -0.760. The summed E-state index contributed by atoms with van der Waals surface area (Å²) < 4.78 is 20.4. The SMILES string of the molecule is CC1CCC(COc2ccc(C3CCCCC3)c(Cl)c2F)CC1. The van der Waals surface area contributed by atoms with Gasteiger partial charge in [0, 0.05) is 0 Å². The van der Waals surface area contributed by atoms with Gasteiger partial charge in [-0.05, 0) is 55.1 Å². The lowest BCUT2D eigenvalue weighted by molar-refractivity contribution is 0.183. The maximum atomic E-state index is 14.6. The first kappa shape index (κ1) is 17.1. The van der Waals surface area contributed by atoms with Crippen molar-refractivity contribution in [3.63, 3.8) is 0 Å². The Morgan fingerprint density at radius 3 is 2.43 bits per heavy atom. The topological polar surface area (TPSA) is 9.23 Å². The number of rotatable bonds is 4. The van der Waals surface area contributed by atoms with Gasteiger partial charge < -0.3 is 4.74 Å². The van der Waals surface area contributed by atoms with E-state index in [4.69, 9.17) is 16.3 Å². The van der Waals surface area contributed by atoms with Crippen LogP contribution in [0, 0.1) is 17.7 Å². The maximum absolute atomic E-state index is 14.6. The molecule has 1 aromatic rings. The van der Waals surface area contributed by atoms with Crippen molar-refractivity contribution < 1.29 is 9.13 Å². The Labute approximate surface area is 144 Å². The van der Waals surface area contributed by atoms with Crippen LogP contribution >= 0.6 is 11.6 Å². The van der Waals surface area contributed by atoms with Gasteiger partial charge in [0.2, 0.25) is 0 Å². The van der Waals surface area contributed by atoms with E-state index in [1.807, 2.05) is 6.07 Å². The summed E-state index contributed by atoms with van der Waals surface area (Å²) in [6.07, 6.45) is 10.9. The van der Waals surface area contributed by atoms with Crippen LogP contribution in [-0.2, 0) is 0 Å². The molecule has 0 spiro atoms. The molecular weight excluding hydrogens is 311 g/mol. The van der Waals surface area contributed by atoms with Crippen LogP contribution in [0.2, 0.25) is 5.02 Å². The first-order valence-electron chi connectivity index (χ1n) is 9.26. The minimum Gasteiger partial charge on any atom is -0.490 e. The maximum Gasteiger partial charge on any atom is 0.183 e. The predicted octanol–water partition coefficient (Wildman–Crippen LogP) is 6.73. The summed E-state index contributed by atoms with van der Waals surface area (Å²) >= 11 is 6.32. The molecule has 0 amide bonds. The monoisotopic (exact) mass is 338 g/mol. The van der Waals surface area contributed by atoms with Crippen molar-refractivity contribution in [1.29, 1.82) is 0 Å². The number of ether oxygens (including phenoxy) is 1. The van der Waals surface area contributed by atoms with Gasteiger partial charge >= 0.3 is 0 Å². The molecule has 0 aliphatic heterocycles. The average Bonchev–Trinajstić information content (AvgIpc) is 2.58. The normalized spacial score (nSPS) is 26.2. The molecule has 128 valence electrons. The second kappa shape index (κ2) is 7.88. The summed E-state index contributed by atoms with van der Waals surface area (Å²) in [5.74, 6) is 1.77. The van der Waals surface area contributed by atoms with Crippen LogP contribution < -0.4 is 4.74 Å². The molecule has 3 heteroatoms. The highest BCUT2D eigenvalue weighted by molar-refractivity contribution is 6.31. The minimum absolute atomic E-state index is 0.284. The lowest BCUT2D eigenvalue weighted by Crippen LogP contribution is -2.19. The van der Waals surface area contributed by atoms with Crippen LogP contribution in [0.25, 0.3) is 0 Å². The smallest absolute Gasteiger partial charge is 0.183 e. The third kappa shape index (κ3) is 4.21. The van der Waals surface area contributed by atoms with Gasteiger partial charge in [-0.15, -0.1) is 0 Å². The summed E-state index contributed by atoms with van der Waals surface area (Å²) in [7, 11) is 0. The van der Waals surface area contributed by atoms with E-state index in [0.29, 0.717) is 24.2 Å². The third-order valence-electron chi connectivity index (χ3n) is 5.73. The summed E-state index contributed by atoms with van der Waals surface area (Å²) in [6, 6.07) is 3.77. The van der Waals surface area contributed by atoms with Crippen LogP contribution in [0.5, 0.6) is 5.75 Å². The number of benzene rings is 1. The van der Waals surface area contributed by atoms with Gasteiger partial charge in [-0.25, -0.2) is 4.39 Å². The quantitative estimate of drug-likeness (QED) is 0.591. The van der Waals surface area contributed by atoms with E-state index in [1.165, 1.54) is 44.9 Å². The second-order valence-corrected chi connectivity index (χ2v) is 7.93. The lowest BCUT2D eigenvalue weighted by atomic mass is 9.83. The first-order valence-corrected chi connectivity index (χ1v) is 9.63. The van der Waals surface area contributed by atoms with Crippen LogP contribution in [0.1, 0.15) is 76.2 Å². The fourth-order valence-electron chi connectivity index (χ4n) is 4.09. The van der Waals surface area contributed by atoms with Crippen molar-refractivity contribution in [2.45, 2.75) is 70.6 Å². The van der Waals surface area contributed by atoms with Gasteiger partial charge in [-0.2, -0.15) is 0 Å². The predicted molar refractivity (Wildman–Crippen MR) is 93.9 cm³/mol. The van der Waals surface area contributed by atoms with E-state index in [0.717, 1.165) is 24.3 Å². The van der Waals surface area contributed by atoms with Crippen molar-refractivity contribution in [3.05, 3.63) is 28.5 Å². The molecular formula is C20H28ClFO. The van der Waals surface area contributed by atoms with Crippen molar-refractivity contribution in [3.8, 4) is 5.75 Å². The van der Waals surface area contributed by atoms with E-state index in [2.05, 4.69) is 6.92 Å². The van der Waals surface area contributed by atoms with E-state index < -0.39 is 0 Å². The standard InChI is InChI=1S/C20H28ClFO/c1-14-7-9-15(10-8-14)13-23-18-12-11-17(19(21)20(18)22)16-5-3-2-4-6-16/h11-12,14-16H,2-10,13H2,1H3. The van der Waals surface area contributed by atoms with Crippen molar-refractivity contribution >= 4 is 11.6 Å². The van der Waals surface area contributed by atoms with E-state index in [-0.39, 0.29) is 10.8 Å². The van der Waals surface area contributed by atoms with Gasteiger partial charge in [0.15, 0.2) is 11.6 Å². The van der Waals surface area contributed by atoms with Crippen LogP contribution in [0.4, 0.5) is 4.39 Å². The highest BCUT2D eigenvalue weighted by Crippen LogP contribution is 2.39. The van der Waals surface area contributed by atoms with E-state index >= 15 is 0 Å². The minimum atomic E-state index is -0.362. The molecule has 2 saturated carbocycles. The van der Waals surface area contributed by atoms with Gasteiger partial charge in [-0.1, -0.05) is 56.7 Å². The lowest BCUT2D eigenvalue weighted by Gasteiger charge is -2.26. The summed E-state index contributed by atoms with van der Waals surface area (Å²) in [6.45, 7) is 2.92. The molecule has 0 radical (unpaired) electrons. The zero-order valence-corrected chi connectivity index (χ0v) is 14.9. The average molecular weight is 339 g/mol. The van der Waals surface area contributed by atoms with Gasteiger partial charge in [-0.3, -0.25) is 0 Å².